The minimum Gasteiger partial charge on any atom is -0.492 e. The van der Waals surface area contributed by atoms with E-state index in [1.807, 2.05) is 25.1 Å². The molecule has 0 unspecified atom stereocenters. The van der Waals surface area contributed by atoms with Gasteiger partial charge in [0, 0.05) is 26.2 Å². The molecule has 7 heteroatoms. The Balaban J connectivity index is 1.74. The van der Waals surface area contributed by atoms with Crippen molar-refractivity contribution in [3.63, 3.8) is 0 Å². The highest BCUT2D eigenvalue weighted by atomic mass is 35.5. The maximum absolute atomic E-state index is 11.6. The molecule has 1 aromatic carbocycles. The minimum atomic E-state index is -0.353. The van der Waals surface area contributed by atoms with Gasteiger partial charge in [0.2, 0.25) is 0 Å². The Kier molecular flexibility index (Phi) is 4.71. The molecule has 0 spiro atoms. The number of aromatic amines is 1. The molecule has 0 aliphatic carbocycles. The van der Waals surface area contributed by atoms with Crippen molar-refractivity contribution in [3.8, 4) is 5.75 Å². The molecule has 1 saturated heterocycles. The largest absolute Gasteiger partial charge is 0.492 e. The fourth-order valence-corrected chi connectivity index (χ4v) is 2.99. The molecule has 2 aromatic rings. The Hall–Kier alpha value is -2.21. The van der Waals surface area contributed by atoms with Gasteiger partial charge in [-0.15, -0.1) is 0 Å². The molecule has 1 fully saturated rings. The molecular formula is C16H19ClN4O2. The molecule has 23 heavy (non-hydrogen) atoms. The van der Waals surface area contributed by atoms with E-state index >= 15 is 0 Å². The molecule has 1 aliphatic heterocycles. The third-order valence-corrected chi connectivity index (χ3v) is 4.27. The normalized spacial score (nSPS) is 14.9. The zero-order chi connectivity index (χ0) is 16.2. The zero-order valence-corrected chi connectivity index (χ0v) is 13.7. The summed E-state index contributed by atoms with van der Waals surface area (Å²) in [5, 5.41) is 6.38. The van der Waals surface area contributed by atoms with Gasteiger partial charge in [0.05, 0.1) is 24.2 Å². The standard InChI is InChI=1S/C16H19ClN4O2/c1-2-23-14-6-4-3-5-12(14)20-7-9-21(10-8-20)13-11-18-19-16(22)15(13)17/h3-6,11H,2,7-10H2,1H3,(H,19,22). The molecule has 2 heterocycles. The van der Waals surface area contributed by atoms with Crippen LogP contribution in [0, 0.1) is 0 Å². The predicted molar refractivity (Wildman–Crippen MR) is 91.9 cm³/mol. The van der Waals surface area contributed by atoms with Crippen LogP contribution in [0.3, 0.4) is 0 Å². The van der Waals surface area contributed by atoms with Crippen LogP contribution in [0.4, 0.5) is 11.4 Å². The lowest BCUT2D eigenvalue weighted by atomic mass is 10.2. The molecule has 0 atom stereocenters. The molecule has 1 aliphatic rings. The van der Waals surface area contributed by atoms with Gasteiger partial charge in [-0.25, -0.2) is 5.10 Å². The van der Waals surface area contributed by atoms with E-state index in [4.69, 9.17) is 16.3 Å². The monoisotopic (exact) mass is 334 g/mol. The minimum absolute atomic E-state index is 0.197. The molecule has 1 aromatic heterocycles. The SMILES string of the molecule is CCOc1ccccc1N1CCN(c2cn[nH]c(=O)c2Cl)CC1. The van der Waals surface area contributed by atoms with E-state index in [2.05, 4.69) is 26.1 Å². The Labute approximate surface area is 139 Å². The van der Waals surface area contributed by atoms with Crippen LogP contribution < -0.4 is 20.1 Å². The summed E-state index contributed by atoms with van der Waals surface area (Å²) in [5.74, 6) is 0.902. The van der Waals surface area contributed by atoms with Crippen molar-refractivity contribution in [2.24, 2.45) is 0 Å². The fourth-order valence-electron chi connectivity index (χ4n) is 2.78. The molecule has 122 valence electrons. The second-order valence-electron chi connectivity index (χ2n) is 5.27. The van der Waals surface area contributed by atoms with Gasteiger partial charge in [-0.1, -0.05) is 23.7 Å². The first kappa shape index (κ1) is 15.7. The van der Waals surface area contributed by atoms with Crippen molar-refractivity contribution in [1.82, 2.24) is 10.2 Å². The second kappa shape index (κ2) is 6.91. The van der Waals surface area contributed by atoms with Crippen LogP contribution in [-0.4, -0.2) is 43.0 Å². The third-order valence-electron chi connectivity index (χ3n) is 3.90. The Morgan fingerprint density at radius 1 is 1.17 bits per heavy atom. The molecule has 6 nitrogen and oxygen atoms in total. The number of hydrogen-bond acceptors (Lipinski definition) is 5. The van der Waals surface area contributed by atoms with Crippen LogP contribution in [0.5, 0.6) is 5.75 Å². The number of aromatic nitrogens is 2. The molecular weight excluding hydrogens is 316 g/mol. The molecule has 1 N–H and O–H groups in total. The van der Waals surface area contributed by atoms with Crippen LogP contribution >= 0.6 is 11.6 Å². The second-order valence-corrected chi connectivity index (χ2v) is 5.65. The van der Waals surface area contributed by atoms with Crippen molar-refractivity contribution >= 4 is 23.0 Å². The van der Waals surface area contributed by atoms with Crippen LogP contribution in [0.25, 0.3) is 0 Å². The van der Waals surface area contributed by atoms with Gasteiger partial charge in [0.25, 0.3) is 5.56 Å². The summed E-state index contributed by atoms with van der Waals surface area (Å²) in [6.45, 7) is 5.82. The number of para-hydroxylation sites is 2. The van der Waals surface area contributed by atoms with Crippen molar-refractivity contribution in [3.05, 3.63) is 45.8 Å². The Bertz CT molecular complexity index is 726. The summed E-state index contributed by atoms with van der Waals surface area (Å²) in [7, 11) is 0. The maximum atomic E-state index is 11.6. The first-order valence-corrected chi connectivity index (χ1v) is 8.03. The fraction of sp³-hybridized carbons (Fsp3) is 0.375. The van der Waals surface area contributed by atoms with Gasteiger partial charge >= 0.3 is 0 Å². The quantitative estimate of drug-likeness (QED) is 0.928. The van der Waals surface area contributed by atoms with Crippen LogP contribution in [0.15, 0.2) is 35.3 Å². The number of nitrogens with zero attached hydrogens (tertiary/aromatic N) is 3. The predicted octanol–water partition coefficient (Wildman–Crippen LogP) is 2.15. The highest BCUT2D eigenvalue weighted by molar-refractivity contribution is 6.33. The van der Waals surface area contributed by atoms with E-state index in [1.54, 1.807) is 6.20 Å². The number of halogens is 1. The first-order valence-electron chi connectivity index (χ1n) is 7.65. The summed E-state index contributed by atoms with van der Waals surface area (Å²) in [6.07, 6.45) is 1.60. The summed E-state index contributed by atoms with van der Waals surface area (Å²) in [6, 6.07) is 8.05. The number of ether oxygens (including phenoxy) is 1. The van der Waals surface area contributed by atoms with E-state index in [0.29, 0.717) is 12.3 Å². The average Bonchev–Trinajstić information content (AvgIpc) is 2.58. The van der Waals surface area contributed by atoms with E-state index < -0.39 is 0 Å². The smallest absolute Gasteiger partial charge is 0.285 e. The third kappa shape index (κ3) is 3.27. The van der Waals surface area contributed by atoms with Gasteiger partial charge in [-0.2, -0.15) is 5.10 Å². The maximum Gasteiger partial charge on any atom is 0.285 e. The van der Waals surface area contributed by atoms with Crippen molar-refractivity contribution in [2.45, 2.75) is 6.92 Å². The summed E-state index contributed by atoms with van der Waals surface area (Å²) >= 11 is 6.09. The Morgan fingerprint density at radius 3 is 2.52 bits per heavy atom. The van der Waals surface area contributed by atoms with Crippen LogP contribution in [0.1, 0.15) is 6.92 Å². The van der Waals surface area contributed by atoms with Gasteiger partial charge in [0.15, 0.2) is 0 Å². The van der Waals surface area contributed by atoms with Gasteiger partial charge in [-0.05, 0) is 19.1 Å². The molecule has 0 radical (unpaired) electrons. The number of rotatable bonds is 4. The lowest BCUT2D eigenvalue weighted by Crippen LogP contribution is -2.47. The summed E-state index contributed by atoms with van der Waals surface area (Å²) in [4.78, 5) is 16.0. The Morgan fingerprint density at radius 2 is 1.83 bits per heavy atom. The van der Waals surface area contributed by atoms with E-state index in [1.165, 1.54) is 0 Å². The van der Waals surface area contributed by atoms with Crippen molar-refractivity contribution in [1.29, 1.82) is 0 Å². The highest BCUT2D eigenvalue weighted by Gasteiger charge is 2.22. The van der Waals surface area contributed by atoms with Crippen LogP contribution in [-0.2, 0) is 0 Å². The van der Waals surface area contributed by atoms with Crippen molar-refractivity contribution in [2.75, 3.05) is 42.6 Å². The zero-order valence-electron chi connectivity index (χ0n) is 13.0. The van der Waals surface area contributed by atoms with Gasteiger partial charge in [0.1, 0.15) is 10.8 Å². The molecule has 3 rings (SSSR count). The number of piperazine rings is 1. The van der Waals surface area contributed by atoms with Gasteiger partial charge in [-0.3, -0.25) is 4.79 Å². The topological polar surface area (TPSA) is 61.5 Å². The van der Waals surface area contributed by atoms with Crippen LogP contribution in [0.2, 0.25) is 5.02 Å². The lowest BCUT2D eigenvalue weighted by molar-refractivity contribution is 0.340. The molecule has 0 saturated carbocycles. The highest BCUT2D eigenvalue weighted by Crippen LogP contribution is 2.30. The number of hydrogen-bond donors (Lipinski definition) is 1. The van der Waals surface area contributed by atoms with E-state index in [0.717, 1.165) is 37.6 Å². The number of H-pyrrole nitrogens is 1. The first-order chi connectivity index (χ1) is 11.2. The summed E-state index contributed by atoms with van der Waals surface area (Å²) in [5.41, 5.74) is 1.44. The van der Waals surface area contributed by atoms with Crippen molar-refractivity contribution < 1.29 is 4.74 Å². The van der Waals surface area contributed by atoms with E-state index in [-0.39, 0.29) is 10.6 Å². The average molecular weight is 335 g/mol. The molecule has 0 bridgehead atoms. The lowest BCUT2D eigenvalue weighted by Gasteiger charge is -2.37. The van der Waals surface area contributed by atoms with Gasteiger partial charge < -0.3 is 14.5 Å². The summed E-state index contributed by atoms with van der Waals surface area (Å²) < 4.78 is 5.70. The van der Waals surface area contributed by atoms with E-state index in [9.17, 15) is 4.79 Å². The molecule has 0 amide bonds. The number of anilines is 2. The number of nitrogens with one attached hydrogen (secondary N) is 1. The number of benzene rings is 1.